The van der Waals surface area contributed by atoms with Gasteiger partial charge in [0.1, 0.15) is 5.82 Å². The van der Waals surface area contributed by atoms with Gasteiger partial charge in [0.25, 0.3) is 0 Å². The topological polar surface area (TPSA) is 84.6 Å². The number of carbonyl (C=O) groups is 1. The van der Waals surface area contributed by atoms with E-state index in [1.54, 1.807) is 7.05 Å². The number of guanidine groups is 1. The van der Waals surface area contributed by atoms with Gasteiger partial charge in [0.15, 0.2) is 11.8 Å². The van der Waals surface area contributed by atoms with Crippen LogP contribution in [0.3, 0.4) is 0 Å². The Hall–Kier alpha value is -1.39. The highest BCUT2D eigenvalue weighted by atomic mass is 127. The SMILES string of the molecule is CCOC(=O)C1CCCN(C(=NC)NCc2nnc3n2CCCCC3)C1.I. The maximum atomic E-state index is 12.1. The Morgan fingerprint density at radius 3 is 2.89 bits per heavy atom. The minimum Gasteiger partial charge on any atom is -0.466 e. The summed E-state index contributed by atoms with van der Waals surface area (Å²) in [5.41, 5.74) is 0. The highest BCUT2D eigenvalue weighted by Crippen LogP contribution is 2.18. The average Bonchev–Trinajstić information content (AvgIpc) is 2.89. The molecule has 0 aliphatic carbocycles. The molecule has 1 unspecified atom stereocenters. The molecule has 1 aromatic heterocycles. The zero-order chi connectivity index (χ0) is 18.4. The van der Waals surface area contributed by atoms with Crippen molar-refractivity contribution in [1.82, 2.24) is 25.0 Å². The number of aromatic nitrogens is 3. The molecule has 152 valence electrons. The van der Waals surface area contributed by atoms with E-state index in [0.717, 1.165) is 50.0 Å². The number of likely N-dealkylation sites (tertiary alicyclic amines) is 1. The molecule has 2 aliphatic rings. The third-order valence-corrected chi connectivity index (χ3v) is 5.14. The summed E-state index contributed by atoms with van der Waals surface area (Å²) in [6, 6.07) is 0. The van der Waals surface area contributed by atoms with E-state index in [1.807, 2.05) is 6.92 Å². The van der Waals surface area contributed by atoms with Crippen molar-refractivity contribution < 1.29 is 9.53 Å². The van der Waals surface area contributed by atoms with E-state index in [0.29, 0.717) is 19.7 Å². The second-order valence-electron chi connectivity index (χ2n) is 6.93. The van der Waals surface area contributed by atoms with E-state index in [-0.39, 0.29) is 35.9 Å². The van der Waals surface area contributed by atoms with E-state index < -0.39 is 0 Å². The Bertz CT molecular complexity index is 648. The molecular weight excluding hydrogens is 459 g/mol. The van der Waals surface area contributed by atoms with Gasteiger partial charge in [-0.05, 0) is 32.6 Å². The normalized spacial score (nSPS) is 20.3. The summed E-state index contributed by atoms with van der Waals surface area (Å²) in [5, 5.41) is 12.1. The molecule has 1 fully saturated rings. The molecule has 0 aromatic carbocycles. The number of hydrogen-bond donors (Lipinski definition) is 1. The van der Waals surface area contributed by atoms with Gasteiger partial charge in [0.05, 0.1) is 19.1 Å². The highest BCUT2D eigenvalue weighted by Gasteiger charge is 2.28. The van der Waals surface area contributed by atoms with Crippen LogP contribution in [-0.4, -0.2) is 58.3 Å². The van der Waals surface area contributed by atoms with E-state index >= 15 is 0 Å². The van der Waals surface area contributed by atoms with Crippen LogP contribution in [0.5, 0.6) is 0 Å². The predicted molar refractivity (Wildman–Crippen MR) is 114 cm³/mol. The number of halogens is 1. The first-order valence-corrected chi connectivity index (χ1v) is 9.76. The van der Waals surface area contributed by atoms with Gasteiger partial charge in [-0.1, -0.05) is 6.42 Å². The summed E-state index contributed by atoms with van der Waals surface area (Å²) in [4.78, 5) is 18.6. The fourth-order valence-electron chi connectivity index (χ4n) is 3.79. The lowest BCUT2D eigenvalue weighted by Gasteiger charge is -2.33. The van der Waals surface area contributed by atoms with Crippen LogP contribution in [-0.2, 0) is 29.0 Å². The number of aryl methyl sites for hydroxylation is 1. The van der Waals surface area contributed by atoms with Crippen LogP contribution in [0.1, 0.15) is 50.7 Å². The summed E-state index contributed by atoms with van der Waals surface area (Å²) in [6.07, 6.45) is 6.47. The van der Waals surface area contributed by atoms with E-state index in [4.69, 9.17) is 4.74 Å². The number of aliphatic imine (C=N–C) groups is 1. The molecule has 0 spiro atoms. The van der Waals surface area contributed by atoms with Crippen LogP contribution in [0.25, 0.3) is 0 Å². The van der Waals surface area contributed by atoms with Gasteiger partial charge in [-0.25, -0.2) is 0 Å². The van der Waals surface area contributed by atoms with Crippen molar-refractivity contribution in [3.05, 3.63) is 11.6 Å². The smallest absolute Gasteiger partial charge is 0.310 e. The molecule has 1 saturated heterocycles. The number of nitrogens with zero attached hydrogens (tertiary/aromatic N) is 5. The first-order chi connectivity index (χ1) is 12.7. The molecule has 1 N–H and O–H groups in total. The zero-order valence-corrected chi connectivity index (χ0v) is 18.6. The van der Waals surface area contributed by atoms with Crippen LogP contribution in [0.2, 0.25) is 0 Å². The average molecular weight is 490 g/mol. The van der Waals surface area contributed by atoms with Crippen molar-refractivity contribution in [1.29, 1.82) is 0 Å². The highest BCUT2D eigenvalue weighted by molar-refractivity contribution is 14.0. The summed E-state index contributed by atoms with van der Waals surface area (Å²) < 4.78 is 7.43. The maximum Gasteiger partial charge on any atom is 0.310 e. The Morgan fingerprint density at radius 1 is 1.26 bits per heavy atom. The quantitative estimate of drug-likeness (QED) is 0.301. The monoisotopic (exact) mass is 490 g/mol. The Morgan fingerprint density at radius 2 is 2.11 bits per heavy atom. The predicted octanol–water partition coefficient (Wildman–Crippen LogP) is 1.97. The number of hydrogen-bond acceptors (Lipinski definition) is 5. The molecule has 0 bridgehead atoms. The first-order valence-electron chi connectivity index (χ1n) is 9.76. The lowest BCUT2D eigenvalue weighted by Crippen LogP contribution is -2.48. The number of piperidine rings is 1. The second-order valence-corrected chi connectivity index (χ2v) is 6.93. The van der Waals surface area contributed by atoms with Crippen LogP contribution < -0.4 is 5.32 Å². The van der Waals surface area contributed by atoms with Gasteiger partial charge >= 0.3 is 5.97 Å². The molecule has 27 heavy (non-hydrogen) atoms. The van der Waals surface area contributed by atoms with Crippen LogP contribution in [0, 0.1) is 5.92 Å². The van der Waals surface area contributed by atoms with E-state index in [1.165, 1.54) is 19.3 Å². The molecule has 1 atom stereocenters. The van der Waals surface area contributed by atoms with Crippen molar-refractivity contribution in [3.8, 4) is 0 Å². The Kier molecular flexibility index (Phi) is 8.78. The van der Waals surface area contributed by atoms with Crippen molar-refractivity contribution in [2.45, 2.75) is 58.5 Å². The molecular formula is C18H31IN6O2. The van der Waals surface area contributed by atoms with Crippen LogP contribution >= 0.6 is 24.0 Å². The van der Waals surface area contributed by atoms with Crippen molar-refractivity contribution in [2.75, 3.05) is 26.7 Å². The maximum absolute atomic E-state index is 12.1. The number of fused-ring (bicyclic) bond motifs is 1. The molecule has 3 heterocycles. The third kappa shape index (κ3) is 5.55. The molecule has 8 nitrogen and oxygen atoms in total. The van der Waals surface area contributed by atoms with Gasteiger partial charge in [0, 0.05) is 33.1 Å². The van der Waals surface area contributed by atoms with Crippen LogP contribution in [0.4, 0.5) is 0 Å². The molecule has 2 aliphatic heterocycles. The van der Waals surface area contributed by atoms with Crippen molar-refractivity contribution in [2.24, 2.45) is 10.9 Å². The lowest BCUT2D eigenvalue weighted by molar-refractivity contribution is -0.149. The number of nitrogens with one attached hydrogen (secondary N) is 1. The third-order valence-electron chi connectivity index (χ3n) is 5.14. The Balaban J connectivity index is 0.00000261. The van der Waals surface area contributed by atoms with Crippen LogP contribution in [0.15, 0.2) is 4.99 Å². The van der Waals surface area contributed by atoms with E-state index in [2.05, 4.69) is 30.0 Å². The fourth-order valence-corrected chi connectivity index (χ4v) is 3.79. The molecule has 0 radical (unpaired) electrons. The first kappa shape index (κ1) is 21.9. The molecule has 9 heteroatoms. The number of rotatable bonds is 4. The molecule has 0 saturated carbocycles. The lowest BCUT2D eigenvalue weighted by atomic mass is 9.98. The van der Waals surface area contributed by atoms with Gasteiger partial charge < -0.3 is 19.5 Å². The summed E-state index contributed by atoms with van der Waals surface area (Å²) in [7, 11) is 1.78. The Labute approximate surface area is 178 Å². The zero-order valence-electron chi connectivity index (χ0n) is 16.3. The van der Waals surface area contributed by atoms with Gasteiger partial charge in [-0.3, -0.25) is 9.79 Å². The second kappa shape index (κ2) is 10.8. The minimum atomic E-state index is -0.101. The molecule has 0 amide bonds. The number of ether oxygens (including phenoxy) is 1. The summed E-state index contributed by atoms with van der Waals surface area (Å²) >= 11 is 0. The number of esters is 1. The fraction of sp³-hybridized carbons (Fsp3) is 0.778. The van der Waals surface area contributed by atoms with E-state index in [9.17, 15) is 4.79 Å². The van der Waals surface area contributed by atoms with Gasteiger partial charge in [0.2, 0.25) is 0 Å². The summed E-state index contributed by atoms with van der Waals surface area (Å²) in [6.45, 7) is 5.41. The number of carbonyl (C=O) groups excluding carboxylic acids is 1. The summed E-state index contributed by atoms with van der Waals surface area (Å²) in [5.74, 6) is 2.68. The van der Waals surface area contributed by atoms with Crippen molar-refractivity contribution >= 4 is 35.9 Å². The molecule has 1 aromatic rings. The largest absolute Gasteiger partial charge is 0.466 e. The van der Waals surface area contributed by atoms with Gasteiger partial charge in [-0.2, -0.15) is 0 Å². The van der Waals surface area contributed by atoms with Gasteiger partial charge in [-0.15, -0.1) is 34.2 Å². The minimum absolute atomic E-state index is 0. The molecule has 3 rings (SSSR count). The van der Waals surface area contributed by atoms with Crippen molar-refractivity contribution in [3.63, 3.8) is 0 Å². The standard InChI is InChI=1S/C18H30N6O2.HI/c1-3-26-17(25)14-8-7-10-23(13-14)18(19-2)20-12-16-22-21-15-9-5-4-6-11-24(15)16;/h14H,3-13H2,1-2H3,(H,19,20);1H.